The zero-order chi connectivity index (χ0) is 21.6. The van der Waals surface area contributed by atoms with Gasteiger partial charge in [0.05, 0.1) is 12.5 Å². The van der Waals surface area contributed by atoms with Gasteiger partial charge in [0, 0.05) is 24.2 Å². The van der Waals surface area contributed by atoms with Crippen LogP contribution in [0.1, 0.15) is 48.4 Å². The second kappa shape index (κ2) is 9.42. The number of unbranched alkanes of at least 4 members (excludes halogenated alkanes) is 1. The first kappa shape index (κ1) is 20.6. The highest BCUT2D eigenvalue weighted by molar-refractivity contribution is 6.03. The first-order valence-corrected chi connectivity index (χ1v) is 10.4. The number of carbonyl (C=O) groups excluding carboxylic acids is 2. The highest BCUT2D eigenvalue weighted by Crippen LogP contribution is 2.31. The molecule has 1 N–H and O–H groups in total. The molecule has 0 radical (unpaired) electrons. The lowest BCUT2D eigenvalue weighted by Crippen LogP contribution is -2.24. The zero-order valence-corrected chi connectivity index (χ0v) is 17.3. The number of ether oxygens (including phenoxy) is 1. The second-order valence-corrected chi connectivity index (χ2v) is 7.37. The molecule has 2 heterocycles. The maximum absolute atomic E-state index is 12.5. The Balaban J connectivity index is 1.36. The van der Waals surface area contributed by atoms with Crippen LogP contribution in [-0.4, -0.2) is 35.2 Å². The number of benzene rings is 2. The number of carbonyl (C=O) groups is 2. The van der Waals surface area contributed by atoms with Crippen LogP contribution in [0, 0.1) is 0 Å². The number of nitrogens with zero attached hydrogens (tertiary/aromatic N) is 3. The summed E-state index contributed by atoms with van der Waals surface area (Å²) in [6.45, 7) is 3.21. The summed E-state index contributed by atoms with van der Waals surface area (Å²) in [6, 6.07) is 16.3. The molecule has 1 aliphatic heterocycles. The van der Waals surface area contributed by atoms with Crippen molar-refractivity contribution in [2.24, 2.45) is 0 Å². The van der Waals surface area contributed by atoms with Gasteiger partial charge >= 0.3 is 6.01 Å². The van der Waals surface area contributed by atoms with E-state index in [0.29, 0.717) is 24.6 Å². The van der Waals surface area contributed by atoms with Crippen LogP contribution < -0.4 is 15.0 Å². The molecule has 2 amide bonds. The average molecular weight is 420 g/mol. The third kappa shape index (κ3) is 4.91. The summed E-state index contributed by atoms with van der Waals surface area (Å²) in [4.78, 5) is 26.6. The maximum Gasteiger partial charge on any atom is 0.322 e. The molecule has 0 bridgehead atoms. The van der Waals surface area contributed by atoms with Crippen LogP contribution in [0.3, 0.4) is 0 Å². The van der Waals surface area contributed by atoms with Gasteiger partial charge in [0.1, 0.15) is 5.75 Å². The van der Waals surface area contributed by atoms with Gasteiger partial charge in [-0.05, 0) is 42.8 Å². The summed E-state index contributed by atoms with van der Waals surface area (Å²) in [5.41, 5.74) is 1.29. The van der Waals surface area contributed by atoms with E-state index in [4.69, 9.17) is 9.15 Å². The van der Waals surface area contributed by atoms with Gasteiger partial charge in [0.25, 0.3) is 5.91 Å². The van der Waals surface area contributed by atoms with Gasteiger partial charge in [-0.2, -0.15) is 0 Å². The van der Waals surface area contributed by atoms with Gasteiger partial charge in [-0.25, -0.2) is 0 Å². The minimum absolute atomic E-state index is 0.00114. The van der Waals surface area contributed by atoms with Crippen molar-refractivity contribution in [3.05, 3.63) is 66.1 Å². The Bertz CT molecular complexity index is 1030. The van der Waals surface area contributed by atoms with E-state index in [1.54, 1.807) is 29.2 Å². The first-order chi connectivity index (χ1) is 15.1. The normalized spacial score (nSPS) is 15.8. The number of nitrogens with one attached hydrogen (secondary N) is 1. The van der Waals surface area contributed by atoms with E-state index in [2.05, 4.69) is 22.4 Å². The number of aromatic nitrogens is 2. The molecule has 3 aromatic rings. The topological polar surface area (TPSA) is 97.6 Å². The smallest absolute Gasteiger partial charge is 0.322 e. The predicted octanol–water partition coefficient (Wildman–Crippen LogP) is 4.02. The standard InChI is InChI=1S/C23H24N4O4/c1-2-3-13-30-19-11-9-16(10-12-19)21(29)24-23-26-25-22(31-23)17-14-20(28)27(15-17)18-7-5-4-6-8-18/h4-12,17H,2-3,13-15H2,1H3,(H,24,26,29). The molecule has 0 spiro atoms. The van der Waals surface area contributed by atoms with E-state index in [9.17, 15) is 9.59 Å². The molecule has 4 rings (SSSR count). The number of para-hydroxylation sites is 1. The van der Waals surface area contributed by atoms with Crippen molar-refractivity contribution in [3.8, 4) is 5.75 Å². The molecule has 8 heteroatoms. The number of hydrogen-bond donors (Lipinski definition) is 1. The van der Waals surface area contributed by atoms with E-state index in [1.165, 1.54) is 0 Å². The van der Waals surface area contributed by atoms with Crippen molar-refractivity contribution < 1.29 is 18.7 Å². The van der Waals surface area contributed by atoms with Crippen LogP contribution in [-0.2, 0) is 4.79 Å². The fraction of sp³-hybridized carbons (Fsp3) is 0.304. The van der Waals surface area contributed by atoms with Gasteiger partial charge < -0.3 is 14.1 Å². The Labute approximate surface area is 180 Å². The molecule has 2 aromatic carbocycles. The fourth-order valence-corrected chi connectivity index (χ4v) is 3.39. The zero-order valence-electron chi connectivity index (χ0n) is 17.3. The largest absolute Gasteiger partial charge is 0.494 e. The summed E-state index contributed by atoms with van der Waals surface area (Å²) in [7, 11) is 0. The van der Waals surface area contributed by atoms with Gasteiger partial charge in [-0.15, -0.1) is 5.10 Å². The van der Waals surface area contributed by atoms with Crippen LogP contribution in [0.15, 0.2) is 59.0 Å². The van der Waals surface area contributed by atoms with Gasteiger partial charge in [-0.1, -0.05) is 36.6 Å². The Kier molecular flexibility index (Phi) is 6.26. The molecule has 1 aliphatic rings. The second-order valence-electron chi connectivity index (χ2n) is 7.37. The minimum Gasteiger partial charge on any atom is -0.494 e. The van der Waals surface area contributed by atoms with Crippen LogP contribution in [0.2, 0.25) is 0 Å². The molecular formula is C23H24N4O4. The number of hydrogen-bond acceptors (Lipinski definition) is 6. The highest BCUT2D eigenvalue weighted by atomic mass is 16.5. The maximum atomic E-state index is 12.5. The highest BCUT2D eigenvalue weighted by Gasteiger charge is 2.35. The van der Waals surface area contributed by atoms with E-state index < -0.39 is 0 Å². The summed E-state index contributed by atoms with van der Waals surface area (Å²) < 4.78 is 11.2. The Hall–Kier alpha value is -3.68. The van der Waals surface area contributed by atoms with E-state index in [-0.39, 0.29) is 30.2 Å². The summed E-state index contributed by atoms with van der Waals surface area (Å²) in [5, 5.41) is 10.6. The van der Waals surface area contributed by atoms with Crippen LogP contribution in [0.25, 0.3) is 0 Å². The molecule has 0 saturated carbocycles. The molecule has 160 valence electrons. The summed E-state index contributed by atoms with van der Waals surface area (Å²) in [6.07, 6.45) is 2.33. The molecule has 1 aromatic heterocycles. The Morgan fingerprint density at radius 3 is 2.68 bits per heavy atom. The van der Waals surface area contributed by atoms with Crippen molar-refractivity contribution in [2.75, 3.05) is 23.4 Å². The molecule has 1 unspecified atom stereocenters. The molecule has 8 nitrogen and oxygen atoms in total. The quantitative estimate of drug-likeness (QED) is 0.553. The van der Waals surface area contributed by atoms with Crippen molar-refractivity contribution in [1.29, 1.82) is 0 Å². The number of rotatable bonds is 8. The number of amides is 2. The van der Waals surface area contributed by atoms with Gasteiger partial charge in [0.15, 0.2) is 0 Å². The predicted molar refractivity (Wildman–Crippen MR) is 115 cm³/mol. The van der Waals surface area contributed by atoms with Crippen molar-refractivity contribution in [1.82, 2.24) is 10.2 Å². The minimum atomic E-state index is -0.358. The summed E-state index contributed by atoms with van der Waals surface area (Å²) in [5.74, 6) is 0.482. The fourth-order valence-electron chi connectivity index (χ4n) is 3.39. The first-order valence-electron chi connectivity index (χ1n) is 10.4. The third-order valence-electron chi connectivity index (χ3n) is 5.09. The molecular weight excluding hydrogens is 396 g/mol. The van der Waals surface area contributed by atoms with Crippen LogP contribution >= 0.6 is 0 Å². The summed E-state index contributed by atoms with van der Waals surface area (Å²) >= 11 is 0. The Morgan fingerprint density at radius 2 is 1.94 bits per heavy atom. The lowest BCUT2D eigenvalue weighted by Gasteiger charge is -2.15. The number of anilines is 2. The van der Waals surface area contributed by atoms with Crippen molar-refractivity contribution in [3.63, 3.8) is 0 Å². The average Bonchev–Trinajstić information content (AvgIpc) is 3.41. The Morgan fingerprint density at radius 1 is 1.16 bits per heavy atom. The molecule has 31 heavy (non-hydrogen) atoms. The van der Waals surface area contributed by atoms with Crippen molar-refractivity contribution in [2.45, 2.75) is 32.1 Å². The lowest BCUT2D eigenvalue weighted by atomic mass is 10.1. The van der Waals surface area contributed by atoms with Crippen molar-refractivity contribution >= 4 is 23.5 Å². The van der Waals surface area contributed by atoms with Gasteiger partial charge in [-0.3, -0.25) is 14.9 Å². The molecule has 1 fully saturated rings. The molecule has 1 saturated heterocycles. The lowest BCUT2D eigenvalue weighted by molar-refractivity contribution is -0.117. The molecule has 0 aliphatic carbocycles. The monoisotopic (exact) mass is 420 g/mol. The van der Waals surface area contributed by atoms with Crippen LogP contribution in [0.4, 0.5) is 11.7 Å². The van der Waals surface area contributed by atoms with E-state index in [1.807, 2.05) is 30.3 Å². The SMILES string of the molecule is CCCCOc1ccc(C(=O)Nc2nnc(C3CC(=O)N(c4ccccc4)C3)o2)cc1. The molecule has 1 atom stereocenters. The van der Waals surface area contributed by atoms with Gasteiger partial charge in [0.2, 0.25) is 11.8 Å². The van der Waals surface area contributed by atoms with E-state index in [0.717, 1.165) is 24.3 Å². The third-order valence-corrected chi connectivity index (χ3v) is 5.09. The van der Waals surface area contributed by atoms with E-state index >= 15 is 0 Å². The van der Waals surface area contributed by atoms with Crippen LogP contribution in [0.5, 0.6) is 5.75 Å².